The van der Waals surface area contributed by atoms with Gasteiger partial charge in [-0.3, -0.25) is 9.78 Å². The summed E-state index contributed by atoms with van der Waals surface area (Å²) in [6.45, 7) is 0. The fourth-order valence-corrected chi connectivity index (χ4v) is 1.83. The van der Waals surface area contributed by atoms with Crippen LogP contribution in [0.1, 0.15) is 16.1 Å². The molecule has 6 nitrogen and oxygen atoms in total. The van der Waals surface area contributed by atoms with Gasteiger partial charge >= 0.3 is 0 Å². The number of carbonyl (C=O) groups excluding carboxylic acids is 1. The van der Waals surface area contributed by atoms with Gasteiger partial charge in [0.15, 0.2) is 0 Å². The molecule has 0 aliphatic carbocycles. The van der Waals surface area contributed by atoms with Crippen molar-refractivity contribution in [3.8, 4) is 0 Å². The molecule has 0 saturated carbocycles. The summed E-state index contributed by atoms with van der Waals surface area (Å²) >= 11 is 0. The summed E-state index contributed by atoms with van der Waals surface area (Å²) in [5.41, 5.74) is 4.57. The largest absolute Gasteiger partial charge is 0.361 e. The molecular formula is C14H11N5O. The molecule has 0 unspecified atom stereocenters. The van der Waals surface area contributed by atoms with Crippen LogP contribution in [0.15, 0.2) is 54.2 Å². The van der Waals surface area contributed by atoms with Crippen molar-refractivity contribution >= 4 is 23.0 Å². The number of H-pyrrole nitrogens is 1. The van der Waals surface area contributed by atoms with Crippen LogP contribution < -0.4 is 5.43 Å². The van der Waals surface area contributed by atoms with Crippen molar-refractivity contribution in [2.24, 2.45) is 5.10 Å². The van der Waals surface area contributed by atoms with Crippen molar-refractivity contribution in [3.05, 3.63) is 60.3 Å². The fourth-order valence-electron chi connectivity index (χ4n) is 1.83. The molecule has 0 aliphatic heterocycles. The van der Waals surface area contributed by atoms with Gasteiger partial charge in [0.25, 0.3) is 5.91 Å². The Bertz CT molecular complexity index is 763. The first-order valence-electron chi connectivity index (χ1n) is 6.00. The first kappa shape index (κ1) is 12.0. The van der Waals surface area contributed by atoms with E-state index in [1.165, 1.54) is 18.6 Å². The lowest BCUT2D eigenvalue weighted by Gasteiger charge is -1.97. The molecule has 0 atom stereocenters. The van der Waals surface area contributed by atoms with Gasteiger partial charge in [-0.1, -0.05) is 18.2 Å². The predicted molar refractivity (Wildman–Crippen MR) is 75.4 cm³/mol. The molecule has 0 aliphatic rings. The van der Waals surface area contributed by atoms with E-state index < -0.39 is 5.91 Å². The maximum absolute atomic E-state index is 11.7. The maximum Gasteiger partial charge on any atom is 0.291 e. The van der Waals surface area contributed by atoms with Gasteiger partial charge in [0.1, 0.15) is 5.69 Å². The van der Waals surface area contributed by atoms with E-state index in [0.29, 0.717) is 0 Å². The highest BCUT2D eigenvalue weighted by Crippen LogP contribution is 2.15. The van der Waals surface area contributed by atoms with Crippen molar-refractivity contribution in [1.29, 1.82) is 0 Å². The molecule has 20 heavy (non-hydrogen) atoms. The number of aromatic amines is 1. The highest BCUT2D eigenvalue weighted by atomic mass is 16.2. The van der Waals surface area contributed by atoms with Gasteiger partial charge in [-0.05, 0) is 6.07 Å². The van der Waals surface area contributed by atoms with Gasteiger partial charge < -0.3 is 4.98 Å². The second kappa shape index (κ2) is 5.31. The zero-order chi connectivity index (χ0) is 13.8. The van der Waals surface area contributed by atoms with Crippen LogP contribution in [0.2, 0.25) is 0 Å². The second-order valence-corrected chi connectivity index (χ2v) is 4.08. The van der Waals surface area contributed by atoms with Crippen LogP contribution in [0.4, 0.5) is 0 Å². The van der Waals surface area contributed by atoms with E-state index in [4.69, 9.17) is 0 Å². The number of benzene rings is 1. The minimum absolute atomic E-state index is 0.226. The number of nitrogens with one attached hydrogen (secondary N) is 2. The van der Waals surface area contributed by atoms with E-state index in [0.717, 1.165) is 16.5 Å². The summed E-state index contributed by atoms with van der Waals surface area (Å²) in [7, 11) is 0. The zero-order valence-electron chi connectivity index (χ0n) is 10.4. The third-order valence-corrected chi connectivity index (χ3v) is 2.79. The number of hydrogen-bond acceptors (Lipinski definition) is 4. The number of carbonyl (C=O) groups is 1. The van der Waals surface area contributed by atoms with Crippen LogP contribution in [-0.4, -0.2) is 27.1 Å². The Balaban J connectivity index is 1.74. The average Bonchev–Trinajstić information content (AvgIpc) is 2.92. The maximum atomic E-state index is 11.7. The Morgan fingerprint density at radius 2 is 2.20 bits per heavy atom. The lowest BCUT2D eigenvalue weighted by molar-refractivity contribution is 0.0949. The van der Waals surface area contributed by atoms with E-state index in [9.17, 15) is 4.79 Å². The minimum atomic E-state index is -0.394. The van der Waals surface area contributed by atoms with Crippen molar-refractivity contribution in [2.45, 2.75) is 0 Å². The van der Waals surface area contributed by atoms with Crippen molar-refractivity contribution in [3.63, 3.8) is 0 Å². The van der Waals surface area contributed by atoms with Gasteiger partial charge in [-0.25, -0.2) is 10.4 Å². The van der Waals surface area contributed by atoms with E-state index in [1.54, 1.807) is 6.21 Å². The molecule has 3 rings (SSSR count). The molecule has 3 aromatic rings. The van der Waals surface area contributed by atoms with E-state index in [2.05, 4.69) is 25.5 Å². The Kier molecular flexibility index (Phi) is 3.20. The van der Waals surface area contributed by atoms with E-state index in [1.807, 2.05) is 30.5 Å². The molecule has 1 amide bonds. The Hall–Kier alpha value is -3.02. The van der Waals surface area contributed by atoms with Crippen molar-refractivity contribution < 1.29 is 4.79 Å². The molecule has 1 aromatic carbocycles. The van der Waals surface area contributed by atoms with Crippen LogP contribution in [0.5, 0.6) is 0 Å². The Morgan fingerprint density at radius 1 is 1.30 bits per heavy atom. The normalized spacial score (nSPS) is 11.0. The first-order valence-corrected chi connectivity index (χ1v) is 6.00. The Labute approximate surface area is 114 Å². The van der Waals surface area contributed by atoms with Gasteiger partial charge in [0, 0.05) is 35.1 Å². The number of hydrazone groups is 1. The highest BCUT2D eigenvalue weighted by Gasteiger charge is 2.05. The molecular weight excluding hydrogens is 254 g/mol. The SMILES string of the molecule is O=C(N/N=C/c1c[nH]c2ccccc12)c1cnccn1. The molecule has 2 aromatic heterocycles. The quantitative estimate of drug-likeness (QED) is 0.558. The van der Waals surface area contributed by atoms with Crippen LogP contribution >= 0.6 is 0 Å². The minimum Gasteiger partial charge on any atom is -0.361 e. The first-order chi connectivity index (χ1) is 9.84. The average molecular weight is 265 g/mol. The summed E-state index contributed by atoms with van der Waals surface area (Å²) in [6, 6.07) is 7.86. The zero-order valence-corrected chi connectivity index (χ0v) is 10.4. The molecule has 2 heterocycles. The number of fused-ring (bicyclic) bond motifs is 1. The lowest BCUT2D eigenvalue weighted by Crippen LogP contribution is -2.19. The van der Waals surface area contributed by atoms with Crippen LogP contribution in [0, 0.1) is 0 Å². The number of hydrogen-bond donors (Lipinski definition) is 2. The Morgan fingerprint density at radius 3 is 3.05 bits per heavy atom. The molecule has 2 N–H and O–H groups in total. The fraction of sp³-hybridized carbons (Fsp3) is 0. The third kappa shape index (κ3) is 2.39. The van der Waals surface area contributed by atoms with E-state index in [-0.39, 0.29) is 5.69 Å². The molecule has 0 spiro atoms. The summed E-state index contributed by atoms with van der Waals surface area (Å²) < 4.78 is 0. The number of rotatable bonds is 3. The molecule has 0 saturated heterocycles. The monoisotopic (exact) mass is 265 g/mol. The molecule has 98 valence electrons. The summed E-state index contributed by atoms with van der Waals surface area (Å²) in [4.78, 5) is 22.5. The van der Waals surface area contributed by atoms with Crippen molar-refractivity contribution in [2.75, 3.05) is 0 Å². The molecule has 0 radical (unpaired) electrons. The number of amides is 1. The standard InChI is InChI=1S/C14H11N5O/c20-14(13-9-15-5-6-16-13)19-18-8-10-7-17-12-4-2-1-3-11(10)12/h1-9,17H,(H,19,20)/b18-8+. The smallest absolute Gasteiger partial charge is 0.291 e. The van der Waals surface area contributed by atoms with Crippen LogP contribution in [-0.2, 0) is 0 Å². The number of aromatic nitrogens is 3. The number of para-hydroxylation sites is 1. The summed E-state index contributed by atoms with van der Waals surface area (Å²) in [5, 5.41) is 4.97. The second-order valence-electron chi connectivity index (χ2n) is 4.08. The van der Waals surface area contributed by atoms with Gasteiger partial charge in [-0.15, -0.1) is 0 Å². The molecule has 0 bridgehead atoms. The van der Waals surface area contributed by atoms with Gasteiger partial charge in [0.2, 0.25) is 0 Å². The van der Waals surface area contributed by atoms with Crippen LogP contribution in [0.3, 0.4) is 0 Å². The molecule has 0 fully saturated rings. The van der Waals surface area contributed by atoms with Crippen molar-refractivity contribution in [1.82, 2.24) is 20.4 Å². The third-order valence-electron chi connectivity index (χ3n) is 2.79. The number of nitrogens with zero attached hydrogens (tertiary/aromatic N) is 3. The van der Waals surface area contributed by atoms with Crippen LogP contribution in [0.25, 0.3) is 10.9 Å². The van der Waals surface area contributed by atoms with Gasteiger partial charge in [0.05, 0.1) is 12.4 Å². The lowest BCUT2D eigenvalue weighted by atomic mass is 10.2. The topological polar surface area (TPSA) is 83.0 Å². The van der Waals surface area contributed by atoms with E-state index >= 15 is 0 Å². The predicted octanol–water partition coefficient (Wildman–Crippen LogP) is 1.72. The molecule has 6 heteroatoms. The van der Waals surface area contributed by atoms with Gasteiger partial charge in [-0.2, -0.15) is 5.10 Å². The summed E-state index contributed by atoms with van der Waals surface area (Å²) in [5.74, 6) is -0.394. The summed E-state index contributed by atoms with van der Waals surface area (Å²) in [6.07, 6.45) is 7.77. The highest BCUT2D eigenvalue weighted by molar-refractivity contribution is 5.99.